The van der Waals surface area contributed by atoms with E-state index in [9.17, 15) is 4.79 Å². The van der Waals surface area contributed by atoms with Gasteiger partial charge < -0.3 is 9.16 Å². The molecular formula is C16H30O3Si2. The molecule has 0 spiro atoms. The van der Waals surface area contributed by atoms with Gasteiger partial charge in [-0.15, -0.1) is 5.54 Å². The van der Waals surface area contributed by atoms with E-state index in [0.29, 0.717) is 12.8 Å². The van der Waals surface area contributed by atoms with Gasteiger partial charge in [0.05, 0.1) is 12.5 Å². The zero-order valence-electron chi connectivity index (χ0n) is 14.8. The fourth-order valence-corrected chi connectivity index (χ4v) is 3.79. The fraction of sp³-hybridized carbons (Fsp3) is 0.812. The van der Waals surface area contributed by atoms with E-state index < -0.39 is 16.4 Å². The Morgan fingerprint density at radius 1 is 1.19 bits per heavy atom. The quantitative estimate of drug-likeness (QED) is 0.438. The van der Waals surface area contributed by atoms with Gasteiger partial charge in [-0.3, -0.25) is 4.79 Å². The lowest BCUT2D eigenvalue weighted by atomic mass is 10.1. The van der Waals surface area contributed by atoms with Crippen molar-refractivity contribution in [1.29, 1.82) is 0 Å². The fourth-order valence-electron chi connectivity index (χ4n) is 1.83. The van der Waals surface area contributed by atoms with Crippen LogP contribution >= 0.6 is 0 Å². The third kappa shape index (κ3) is 5.97. The van der Waals surface area contributed by atoms with Gasteiger partial charge in [0.25, 0.3) is 0 Å². The smallest absolute Gasteiger partial charge is 0.309 e. The van der Waals surface area contributed by atoms with Crippen LogP contribution < -0.4 is 0 Å². The maximum atomic E-state index is 11.8. The van der Waals surface area contributed by atoms with Gasteiger partial charge >= 0.3 is 5.97 Å². The first-order valence-corrected chi connectivity index (χ1v) is 14.1. The molecule has 0 aromatic rings. The maximum absolute atomic E-state index is 11.8. The van der Waals surface area contributed by atoms with Crippen LogP contribution in [0.4, 0.5) is 0 Å². The first-order chi connectivity index (χ1) is 9.30. The second-order valence-electron chi connectivity index (χ2n) is 8.44. The summed E-state index contributed by atoms with van der Waals surface area (Å²) >= 11 is 0. The molecule has 0 saturated carbocycles. The zero-order chi connectivity index (χ0) is 16.5. The summed E-state index contributed by atoms with van der Waals surface area (Å²) < 4.78 is 11.7. The molecule has 1 saturated heterocycles. The normalized spacial score (nSPS) is 24.1. The molecule has 1 rings (SSSR count). The minimum Gasteiger partial charge on any atom is -0.449 e. The number of rotatable bonds is 2. The van der Waals surface area contributed by atoms with E-state index in [-0.39, 0.29) is 23.2 Å². The molecule has 0 amide bonds. The number of carbonyl (C=O) groups excluding carboxylic acids is 1. The number of esters is 1. The minimum absolute atomic E-state index is 0.0481. The van der Waals surface area contributed by atoms with Crippen molar-refractivity contribution in [2.24, 2.45) is 0 Å². The topological polar surface area (TPSA) is 35.5 Å². The van der Waals surface area contributed by atoms with Crippen molar-refractivity contribution < 1.29 is 14.0 Å². The molecule has 0 radical (unpaired) electrons. The van der Waals surface area contributed by atoms with Crippen molar-refractivity contribution in [3.05, 3.63) is 0 Å². The van der Waals surface area contributed by atoms with Crippen LogP contribution in [0.2, 0.25) is 37.8 Å². The van der Waals surface area contributed by atoms with Gasteiger partial charge in [-0.05, 0) is 18.1 Å². The lowest BCUT2D eigenvalue weighted by Crippen LogP contribution is -2.47. The van der Waals surface area contributed by atoms with Gasteiger partial charge in [-0.2, -0.15) is 0 Å². The molecule has 3 nitrogen and oxygen atoms in total. The molecule has 0 aliphatic carbocycles. The van der Waals surface area contributed by atoms with Crippen LogP contribution in [0.5, 0.6) is 0 Å². The highest BCUT2D eigenvalue weighted by Gasteiger charge is 2.41. The van der Waals surface area contributed by atoms with Gasteiger partial charge in [-0.25, -0.2) is 0 Å². The van der Waals surface area contributed by atoms with Gasteiger partial charge in [0, 0.05) is 6.42 Å². The zero-order valence-corrected chi connectivity index (χ0v) is 16.8. The summed E-state index contributed by atoms with van der Waals surface area (Å²) in [6, 6.07) is 0. The molecule has 0 N–H and O–H groups in total. The number of cyclic esters (lactones) is 1. The van der Waals surface area contributed by atoms with Gasteiger partial charge in [0.1, 0.15) is 8.07 Å². The summed E-state index contributed by atoms with van der Waals surface area (Å²) in [6.45, 7) is 17.6. The van der Waals surface area contributed by atoms with Crippen LogP contribution in [0.15, 0.2) is 0 Å². The van der Waals surface area contributed by atoms with Gasteiger partial charge in [0.15, 0.2) is 14.4 Å². The van der Waals surface area contributed by atoms with Crippen LogP contribution in [0, 0.1) is 11.5 Å². The molecular weight excluding hydrogens is 296 g/mol. The van der Waals surface area contributed by atoms with E-state index in [2.05, 4.69) is 65.0 Å². The molecule has 0 bridgehead atoms. The Kier molecular flexibility index (Phi) is 5.52. The third-order valence-corrected chi connectivity index (χ3v) is 9.45. The van der Waals surface area contributed by atoms with Crippen LogP contribution in [0.1, 0.15) is 33.6 Å². The van der Waals surface area contributed by atoms with E-state index in [4.69, 9.17) is 9.16 Å². The number of carbonyl (C=O) groups is 1. The highest BCUT2D eigenvalue weighted by atomic mass is 28.4. The van der Waals surface area contributed by atoms with Crippen molar-refractivity contribution in [2.45, 2.75) is 83.6 Å². The van der Waals surface area contributed by atoms with Crippen LogP contribution in [0.25, 0.3) is 0 Å². The average molecular weight is 327 g/mol. The Morgan fingerprint density at radius 3 is 2.24 bits per heavy atom. The predicted octanol–water partition coefficient (Wildman–Crippen LogP) is 3.96. The number of hydrogen-bond acceptors (Lipinski definition) is 3. The van der Waals surface area contributed by atoms with Crippen molar-refractivity contribution in [2.75, 3.05) is 0 Å². The summed E-state index contributed by atoms with van der Waals surface area (Å²) in [5.41, 5.74) is 3.29. The van der Waals surface area contributed by atoms with Crippen molar-refractivity contribution in [1.82, 2.24) is 0 Å². The Balaban J connectivity index is 2.77. The Morgan fingerprint density at radius 2 is 1.76 bits per heavy atom. The second-order valence-corrected chi connectivity index (χ2v) is 17.9. The molecule has 120 valence electrons. The summed E-state index contributed by atoms with van der Waals surface area (Å²) in [6.07, 6.45) is 0.716. The van der Waals surface area contributed by atoms with Crippen molar-refractivity contribution in [3.63, 3.8) is 0 Å². The monoisotopic (exact) mass is 326 g/mol. The number of hydrogen-bond donors (Lipinski definition) is 0. The molecule has 21 heavy (non-hydrogen) atoms. The molecule has 2 atom stereocenters. The highest BCUT2D eigenvalue weighted by Crippen LogP contribution is 2.38. The van der Waals surface area contributed by atoms with E-state index >= 15 is 0 Å². The Hall–Kier alpha value is -0.576. The van der Waals surface area contributed by atoms with Gasteiger partial charge in [0.2, 0.25) is 0 Å². The molecule has 0 unspecified atom stereocenters. The average Bonchev–Trinajstić information content (AvgIpc) is 2.22. The van der Waals surface area contributed by atoms with E-state index in [1.54, 1.807) is 0 Å². The summed E-state index contributed by atoms with van der Waals surface area (Å²) in [4.78, 5) is 11.8. The summed E-state index contributed by atoms with van der Waals surface area (Å²) in [7, 11) is -3.30. The van der Waals surface area contributed by atoms with E-state index in [0.717, 1.165) is 0 Å². The predicted molar refractivity (Wildman–Crippen MR) is 92.3 cm³/mol. The first kappa shape index (κ1) is 18.5. The minimum atomic E-state index is -1.86. The molecule has 0 aromatic carbocycles. The highest BCUT2D eigenvalue weighted by molar-refractivity contribution is 6.83. The lowest BCUT2D eigenvalue weighted by Gasteiger charge is -2.40. The van der Waals surface area contributed by atoms with Crippen LogP contribution in [-0.4, -0.2) is 34.6 Å². The van der Waals surface area contributed by atoms with Gasteiger partial charge in [-0.1, -0.05) is 46.3 Å². The standard InChI is InChI=1S/C16H30O3Si2/c1-16(2,3)21(7,8)19-14-11-13(18-15(17)12-14)9-10-20(4,5)6/h13-14H,11-12H2,1-8H3/t13-,14-/m1/s1. The summed E-state index contributed by atoms with van der Waals surface area (Å²) in [5, 5.41) is 0.147. The second kappa shape index (κ2) is 6.27. The summed E-state index contributed by atoms with van der Waals surface area (Å²) in [5.74, 6) is 2.97. The van der Waals surface area contributed by atoms with Crippen molar-refractivity contribution in [3.8, 4) is 11.5 Å². The van der Waals surface area contributed by atoms with Crippen LogP contribution in [-0.2, 0) is 14.0 Å². The Bertz CT molecular complexity index is 447. The number of ether oxygens (including phenoxy) is 1. The lowest BCUT2D eigenvalue weighted by molar-refractivity contribution is -0.155. The molecule has 0 aromatic heterocycles. The maximum Gasteiger partial charge on any atom is 0.309 e. The van der Waals surface area contributed by atoms with E-state index in [1.807, 2.05) is 0 Å². The molecule has 1 aliphatic rings. The first-order valence-electron chi connectivity index (χ1n) is 7.70. The van der Waals surface area contributed by atoms with Crippen LogP contribution in [0.3, 0.4) is 0 Å². The van der Waals surface area contributed by atoms with E-state index in [1.165, 1.54) is 0 Å². The molecule has 1 aliphatic heterocycles. The Labute approximate surface area is 131 Å². The molecule has 5 heteroatoms. The third-order valence-electron chi connectivity index (χ3n) is 4.02. The largest absolute Gasteiger partial charge is 0.449 e. The van der Waals surface area contributed by atoms with Crippen molar-refractivity contribution >= 4 is 22.4 Å². The molecule has 1 fully saturated rings. The molecule has 1 heterocycles. The SMILES string of the molecule is CC(C)(C)[Si](C)(C)O[C@H]1CC(=O)O[C@H](C#C[Si](C)(C)C)C1.